The molecule has 2 aromatic heterocycles. The minimum absolute atomic E-state index is 0.115. The van der Waals surface area contributed by atoms with E-state index in [9.17, 15) is 4.39 Å². The molecule has 0 radical (unpaired) electrons. The fourth-order valence-corrected chi connectivity index (χ4v) is 2.62. The summed E-state index contributed by atoms with van der Waals surface area (Å²) in [6, 6.07) is 1.89. The van der Waals surface area contributed by atoms with Crippen molar-refractivity contribution in [1.29, 1.82) is 0 Å². The first-order valence-electron chi connectivity index (χ1n) is 5.27. The van der Waals surface area contributed by atoms with Gasteiger partial charge in [-0.15, -0.1) is 0 Å². The highest BCUT2D eigenvalue weighted by Gasteiger charge is 2.19. The summed E-state index contributed by atoms with van der Waals surface area (Å²) < 4.78 is 15.6. The zero-order chi connectivity index (χ0) is 11.8. The van der Waals surface area contributed by atoms with Crippen LogP contribution in [0.2, 0.25) is 0 Å². The lowest BCUT2D eigenvalue weighted by molar-refractivity contribution is 0.639. The van der Waals surface area contributed by atoms with Gasteiger partial charge >= 0.3 is 0 Å². The molecule has 0 aliphatic heterocycles. The van der Waals surface area contributed by atoms with Gasteiger partial charge in [0.2, 0.25) is 0 Å². The molecule has 1 atom stereocenters. The maximum Gasteiger partial charge on any atom is 0.118 e. The molecule has 1 aliphatic carbocycles. The summed E-state index contributed by atoms with van der Waals surface area (Å²) in [5.41, 5.74) is 1.89. The summed E-state index contributed by atoms with van der Waals surface area (Å²) in [7, 11) is 0. The Morgan fingerprint density at radius 3 is 3.06 bits per heavy atom. The molecule has 2 aromatic rings. The van der Waals surface area contributed by atoms with Gasteiger partial charge in [-0.1, -0.05) is 6.08 Å². The van der Waals surface area contributed by atoms with E-state index >= 15 is 0 Å². The van der Waals surface area contributed by atoms with Crippen LogP contribution in [0.5, 0.6) is 0 Å². The first kappa shape index (κ1) is 10.7. The molecule has 1 aliphatic rings. The van der Waals surface area contributed by atoms with Crippen molar-refractivity contribution in [2.45, 2.75) is 12.3 Å². The molecule has 0 bridgehead atoms. The zero-order valence-corrected chi connectivity index (χ0v) is 10.4. The van der Waals surface area contributed by atoms with Crippen LogP contribution in [0.1, 0.15) is 18.0 Å². The van der Waals surface area contributed by atoms with E-state index in [0.717, 1.165) is 15.7 Å². The Morgan fingerprint density at radius 1 is 1.47 bits per heavy atom. The second-order valence-corrected chi connectivity index (χ2v) is 4.69. The van der Waals surface area contributed by atoms with Crippen LogP contribution in [0.25, 0.3) is 5.52 Å². The number of aromatic nitrogens is 3. The molecular weight excluding hydrogens is 285 g/mol. The Labute approximate surface area is 106 Å². The van der Waals surface area contributed by atoms with Crippen LogP contribution < -0.4 is 0 Å². The van der Waals surface area contributed by atoms with Crippen molar-refractivity contribution in [3.05, 3.63) is 52.8 Å². The van der Waals surface area contributed by atoms with Gasteiger partial charge < -0.3 is 0 Å². The van der Waals surface area contributed by atoms with Crippen molar-refractivity contribution in [2.75, 3.05) is 0 Å². The van der Waals surface area contributed by atoms with Crippen LogP contribution >= 0.6 is 15.9 Å². The third kappa shape index (κ3) is 1.80. The molecule has 0 spiro atoms. The van der Waals surface area contributed by atoms with E-state index in [2.05, 4.69) is 26.0 Å². The third-order valence-electron chi connectivity index (χ3n) is 2.81. The van der Waals surface area contributed by atoms with Crippen molar-refractivity contribution in [1.82, 2.24) is 14.6 Å². The summed E-state index contributed by atoms with van der Waals surface area (Å²) in [5.74, 6) is -0.0634. The number of hydrogen-bond acceptors (Lipinski definition) is 2. The van der Waals surface area contributed by atoms with Gasteiger partial charge in [0.15, 0.2) is 0 Å². The first-order chi connectivity index (χ1) is 8.25. The average molecular weight is 294 g/mol. The molecule has 2 heterocycles. The molecule has 0 N–H and O–H groups in total. The van der Waals surface area contributed by atoms with Gasteiger partial charge in [0.25, 0.3) is 0 Å². The standard InChI is InChI=1S/C12H9BrFN3/c13-11-10-5-6-15-7-17(10)16-12(11)8-1-3-9(14)4-2-8/h1,3-8H,2H2. The van der Waals surface area contributed by atoms with Crippen molar-refractivity contribution < 1.29 is 4.39 Å². The number of allylic oxidation sites excluding steroid dienone is 4. The van der Waals surface area contributed by atoms with E-state index in [4.69, 9.17) is 0 Å². The van der Waals surface area contributed by atoms with E-state index in [1.807, 2.05) is 12.1 Å². The van der Waals surface area contributed by atoms with Crippen molar-refractivity contribution in [3.63, 3.8) is 0 Å². The Morgan fingerprint density at radius 2 is 2.35 bits per heavy atom. The Balaban J connectivity index is 2.07. The van der Waals surface area contributed by atoms with Gasteiger partial charge in [0, 0.05) is 12.1 Å². The lowest BCUT2D eigenvalue weighted by Gasteiger charge is -2.11. The van der Waals surface area contributed by atoms with Crippen LogP contribution in [0.4, 0.5) is 4.39 Å². The maximum absolute atomic E-state index is 12.9. The van der Waals surface area contributed by atoms with Crippen LogP contribution in [-0.4, -0.2) is 14.6 Å². The predicted molar refractivity (Wildman–Crippen MR) is 66.4 cm³/mol. The molecule has 0 saturated carbocycles. The van der Waals surface area contributed by atoms with E-state index in [0.29, 0.717) is 6.42 Å². The van der Waals surface area contributed by atoms with E-state index in [1.54, 1.807) is 23.1 Å². The first-order valence-corrected chi connectivity index (χ1v) is 6.06. The largest absolute Gasteiger partial charge is 0.245 e. The molecular formula is C12H9BrFN3. The molecule has 1 unspecified atom stereocenters. The molecule has 86 valence electrons. The summed E-state index contributed by atoms with van der Waals surface area (Å²) in [6.45, 7) is 0. The predicted octanol–water partition coefficient (Wildman–Crippen LogP) is 3.39. The van der Waals surface area contributed by atoms with E-state index in [1.165, 1.54) is 6.08 Å². The third-order valence-corrected chi connectivity index (χ3v) is 3.62. The van der Waals surface area contributed by atoms with Crippen LogP contribution in [-0.2, 0) is 0 Å². The van der Waals surface area contributed by atoms with Crippen LogP contribution in [0.15, 0.2) is 47.1 Å². The van der Waals surface area contributed by atoms with Crippen LogP contribution in [0, 0.1) is 0 Å². The van der Waals surface area contributed by atoms with Crippen molar-refractivity contribution in [3.8, 4) is 0 Å². The highest BCUT2D eigenvalue weighted by atomic mass is 79.9. The highest BCUT2D eigenvalue weighted by Crippen LogP contribution is 2.33. The van der Waals surface area contributed by atoms with Crippen molar-refractivity contribution >= 4 is 21.4 Å². The minimum atomic E-state index is -0.178. The molecule has 3 rings (SSSR count). The second-order valence-electron chi connectivity index (χ2n) is 3.90. The molecule has 0 saturated heterocycles. The lowest BCUT2D eigenvalue weighted by atomic mass is 9.97. The fourth-order valence-electron chi connectivity index (χ4n) is 1.93. The Hall–Kier alpha value is -1.49. The monoisotopic (exact) mass is 293 g/mol. The smallest absolute Gasteiger partial charge is 0.118 e. The SMILES string of the molecule is FC1=CCC(c2nn3cnccc3c2Br)C=C1. The van der Waals surface area contributed by atoms with Gasteiger partial charge in [0.05, 0.1) is 15.7 Å². The van der Waals surface area contributed by atoms with Gasteiger partial charge in [0.1, 0.15) is 12.2 Å². The zero-order valence-electron chi connectivity index (χ0n) is 8.85. The van der Waals surface area contributed by atoms with Gasteiger partial charge in [-0.3, -0.25) is 0 Å². The Kier molecular flexibility index (Phi) is 2.55. The molecule has 0 fully saturated rings. The molecule has 17 heavy (non-hydrogen) atoms. The number of nitrogens with zero attached hydrogens (tertiary/aromatic N) is 3. The summed E-state index contributed by atoms with van der Waals surface area (Å²) in [5, 5.41) is 4.47. The topological polar surface area (TPSA) is 30.2 Å². The molecule has 5 heteroatoms. The van der Waals surface area contributed by atoms with E-state index < -0.39 is 0 Å². The summed E-state index contributed by atoms with van der Waals surface area (Å²) in [4.78, 5) is 4.01. The Bertz CT molecular complexity index is 630. The summed E-state index contributed by atoms with van der Waals surface area (Å²) >= 11 is 3.54. The minimum Gasteiger partial charge on any atom is -0.245 e. The van der Waals surface area contributed by atoms with Crippen molar-refractivity contribution in [2.24, 2.45) is 0 Å². The van der Waals surface area contributed by atoms with E-state index in [-0.39, 0.29) is 11.7 Å². The summed E-state index contributed by atoms with van der Waals surface area (Å²) in [6.07, 6.45) is 8.93. The molecule has 3 nitrogen and oxygen atoms in total. The molecule has 0 amide bonds. The second kappa shape index (κ2) is 4.07. The highest BCUT2D eigenvalue weighted by molar-refractivity contribution is 9.10. The number of rotatable bonds is 1. The van der Waals surface area contributed by atoms with Gasteiger partial charge in [-0.2, -0.15) is 5.10 Å². The number of halogens is 2. The number of hydrogen-bond donors (Lipinski definition) is 0. The maximum atomic E-state index is 12.9. The normalized spacial score (nSPS) is 19.6. The molecule has 0 aromatic carbocycles. The quantitative estimate of drug-likeness (QED) is 0.807. The average Bonchev–Trinajstić information content (AvgIpc) is 2.69. The van der Waals surface area contributed by atoms with Gasteiger partial charge in [-0.25, -0.2) is 13.9 Å². The van der Waals surface area contributed by atoms with Gasteiger partial charge in [-0.05, 0) is 40.6 Å². The lowest BCUT2D eigenvalue weighted by Crippen LogP contribution is -1.99. The fraction of sp³-hybridized carbons (Fsp3) is 0.167. The van der Waals surface area contributed by atoms with Crippen LogP contribution in [0.3, 0.4) is 0 Å². The number of fused-ring (bicyclic) bond motifs is 1.